The van der Waals surface area contributed by atoms with Gasteiger partial charge in [-0.3, -0.25) is 9.58 Å². The van der Waals surface area contributed by atoms with Gasteiger partial charge in [-0.1, -0.05) is 23.7 Å². The van der Waals surface area contributed by atoms with E-state index in [-0.39, 0.29) is 6.03 Å². The van der Waals surface area contributed by atoms with Gasteiger partial charge >= 0.3 is 6.03 Å². The summed E-state index contributed by atoms with van der Waals surface area (Å²) < 4.78 is 7.70. The Hall–Kier alpha value is -3.62. The van der Waals surface area contributed by atoms with Gasteiger partial charge in [-0.15, -0.1) is 0 Å². The maximum absolute atomic E-state index is 12.8. The van der Waals surface area contributed by atoms with E-state index in [0.29, 0.717) is 23.8 Å². The summed E-state index contributed by atoms with van der Waals surface area (Å²) in [4.78, 5) is 21.4. The molecule has 0 saturated carbocycles. The fourth-order valence-electron chi connectivity index (χ4n) is 4.29. The summed E-state index contributed by atoms with van der Waals surface area (Å²) in [6, 6.07) is 17.2. The van der Waals surface area contributed by atoms with Crippen molar-refractivity contribution < 1.29 is 9.53 Å². The van der Waals surface area contributed by atoms with Crippen molar-refractivity contribution in [2.24, 2.45) is 7.05 Å². The molecule has 0 spiro atoms. The largest absolute Gasteiger partial charge is 0.457 e. The molecule has 5 rings (SSSR count). The molecular formula is C26H27ClN6O2. The van der Waals surface area contributed by atoms with Crippen LogP contribution in [-0.2, 0) is 13.6 Å². The van der Waals surface area contributed by atoms with Crippen molar-refractivity contribution in [3.05, 3.63) is 77.1 Å². The lowest BCUT2D eigenvalue weighted by atomic mass is 10.2. The van der Waals surface area contributed by atoms with Gasteiger partial charge in [-0.25, -0.2) is 9.78 Å². The van der Waals surface area contributed by atoms with E-state index in [1.165, 1.54) is 5.56 Å². The van der Waals surface area contributed by atoms with Gasteiger partial charge in [0.25, 0.3) is 0 Å². The number of carbonyl (C=O) groups is 1. The number of pyridine rings is 1. The van der Waals surface area contributed by atoms with Crippen LogP contribution in [0.2, 0.25) is 5.02 Å². The van der Waals surface area contributed by atoms with E-state index in [2.05, 4.69) is 32.4 Å². The third-order valence-electron chi connectivity index (χ3n) is 6.13. The Labute approximate surface area is 209 Å². The molecule has 2 aromatic carbocycles. The molecular weight excluding hydrogens is 464 g/mol. The number of aryl methyl sites for hydroxylation is 2. The Morgan fingerprint density at radius 1 is 1.06 bits per heavy atom. The summed E-state index contributed by atoms with van der Waals surface area (Å²) >= 11 is 5.95. The van der Waals surface area contributed by atoms with Crippen molar-refractivity contribution in [3.63, 3.8) is 0 Å². The SMILES string of the molecule is Cc1nn(C)c2ncc(NC(=O)N3CCN(Cc4cccc(Oc5ccc(Cl)cc5)c4)CC3)cc12. The highest BCUT2D eigenvalue weighted by Gasteiger charge is 2.21. The van der Waals surface area contributed by atoms with Gasteiger partial charge in [0.1, 0.15) is 11.5 Å². The van der Waals surface area contributed by atoms with Gasteiger partial charge in [0, 0.05) is 50.2 Å². The van der Waals surface area contributed by atoms with Crippen LogP contribution in [-0.4, -0.2) is 56.8 Å². The maximum Gasteiger partial charge on any atom is 0.321 e. The first-order chi connectivity index (χ1) is 16.9. The predicted molar refractivity (Wildman–Crippen MR) is 137 cm³/mol. The fourth-order valence-corrected chi connectivity index (χ4v) is 4.42. The number of carbonyl (C=O) groups excluding carboxylic acids is 1. The average Bonchev–Trinajstić information content (AvgIpc) is 3.14. The number of nitrogens with one attached hydrogen (secondary N) is 1. The number of piperazine rings is 1. The minimum Gasteiger partial charge on any atom is -0.457 e. The van der Waals surface area contributed by atoms with Crippen molar-refractivity contribution in [1.29, 1.82) is 0 Å². The lowest BCUT2D eigenvalue weighted by molar-refractivity contribution is 0.143. The Morgan fingerprint density at radius 3 is 2.60 bits per heavy atom. The molecule has 2 aromatic heterocycles. The second-order valence-corrected chi connectivity index (χ2v) is 9.14. The topological polar surface area (TPSA) is 75.5 Å². The van der Waals surface area contributed by atoms with Crippen molar-refractivity contribution in [1.82, 2.24) is 24.6 Å². The molecule has 3 heterocycles. The van der Waals surface area contributed by atoms with Crippen LogP contribution in [0.1, 0.15) is 11.3 Å². The minimum atomic E-state index is -0.106. The summed E-state index contributed by atoms with van der Waals surface area (Å²) in [7, 11) is 1.86. The van der Waals surface area contributed by atoms with E-state index in [1.807, 2.05) is 61.3 Å². The average molecular weight is 491 g/mol. The van der Waals surface area contributed by atoms with E-state index in [0.717, 1.165) is 47.9 Å². The van der Waals surface area contributed by atoms with Gasteiger partial charge in [-0.05, 0) is 55.0 Å². The molecule has 9 heteroatoms. The lowest BCUT2D eigenvalue weighted by Gasteiger charge is -2.34. The van der Waals surface area contributed by atoms with Crippen molar-refractivity contribution in [2.45, 2.75) is 13.5 Å². The summed E-state index contributed by atoms with van der Waals surface area (Å²) in [6.45, 7) is 5.66. The Bertz CT molecular complexity index is 1350. The molecule has 35 heavy (non-hydrogen) atoms. The minimum absolute atomic E-state index is 0.106. The summed E-state index contributed by atoms with van der Waals surface area (Å²) in [5.41, 5.74) is 3.54. The van der Waals surface area contributed by atoms with Gasteiger partial charge in [0.15, 0.2) is 5.65 Å². The number of urea groups is 1. The van der Waals surface area contributed by atoms with E-state index in [4.69, 9.17) is 16.3 Å². The third kappa shape index (κ3) is 5.39. The zero-order chi connectivity index (χ0) is 24.4. The van der Waals surface area contributed by atoms with Gasteiger partial charge in [-0.2, -0.15) is 5.10 Å². The summed E-state index contributed by atoms with van der Waals surface area (Å²) in [5, 5.41) is 8.99. The normalized spacial score (nSPS) is 14.3. The number of fused-ring (bicyclic) bond motifs is 1. The molecule has 0 radical (unpaired) electrons. The highest BCUT2D eigenvalue weighted by molar-refractivity contribution is 6.30. The number of aromatic nitrogens is 3. The molecule has 1 saturated heterocycles. The number of ether oxygens (including phenoxy) is 1. The number of hydrogen-bond acceptors (Lipinski definition) is 5. The number of amides is 2. The number of anilines is 1. The van der Waals surface area contributed by atoms with Gasteiger partial charge in [0.05, 0.1) is 17.6 Å². The maximum atomic E-state index is 12.8. The standard InChI is InChI=1S/C26H27ClN6O2/c1-18-24-15-21(16-28-25(24)31(2)30-18)29-26(34)33-12-10-32(11-13-33)17-19-4-3-5-23(14-19)35-22-8-6-20(27)7-9-22/h3-9,14-16H,10-13,17H2,1-2H3,(H,29,34). The molecule has 1 aliphatic heterocycles. The molecule has 0 aliphatic carbocycles. The first-order valence-corrected chi connectivity index (χ1v) is 11.9. The Balaban J connectivity index is 1.14. The Kier molecular flexibility index (Phi) is 6.57. The van der Waals surface area contributed by atoms with E-state index in [9.17, 15) is 4.79 Å². The van der Waals surface area contributed by atoms with Crippen LogP contribution in [0.15, 0.2) is 60.8 Å². The van der Waals surface area contributed by atoms with Gasteiger partial charge < -0.3 is 15.0 Å². The third-order valence-corrected chi connectivity index (χ3v) is 6.38. The zero-order valence-electron chi connectivity index (χ0n) is 19.7. The molecule has 1 aliphatic rings. The van der Waals surface area contributed by atoms with Crippen molar-refractivity contribution in [3.8, 4) is 11.5 Å². The molecule has 180 valence electrons. The van der Waals surface area contributed by atoms with Crippen molar-refractivity contribution >= 4 is 34.4 Å². The van der Waals surface area contributed by atoms with E-state index >= 15 is 0 Å². The van der Waals surface area contributed by atoms with Crippen molar-refractivity contribution in [2.75, 3.05) is 31.5 Å². The second kappa shape index (κ2) is 9.93. The lowest BCUT2D eigenvalue weighted by Crippen LogP contribution is -2.49. The molecule has 1 N–H and O–H groups in total. The predicted octanol–water partition coefficient (Wildman–Crippen LogP) is 5.07. The number of nitrogens with zero attached hydrogens (tertiary/aromatic N) is 5. The quantitative estimate of drug-likeness (QED) is 0.422. The van der Waals surface area contributed by atoms with Crippen LogP contribution in [0, 0.1) is 6.92 Å². The monoisotopic (exact) mass is 490 g/mol. The van der Waals surface area contributed by atoms with Crippen LogP contribution in [0.4, 0.5) is 10.5 Å². The molecule has 0 unspecified atom stereocenters. The number of rotatable bonds is 5. The Morgan fingerprint density at radius 2 is 1.83 bits per heavy atom. The summed E-state index contributed by atoms with van der Waals surface area (Å²) in [5.74, 6) is 1.54. The van der Waals surface area contributed by atoms with Gasteiger partial charge in [0.2, 0.25) is 0 Å². The molecule has 0 bridgehead atoms. The van der Waals surface area contributed by atoms with E-state index in [1.54, 1.807) is 10.9 Å². The molecule has 8 nitrogen and oxygen atoms in total. The highest BCUT2D eigenvalue weighted by Crippen LogP contribution is 2.25. The molecule has 1 fully saturated rings. The van der Waals surface area contributed by atoms with E-state index < -0.39 is 0 Å². The first-order valence-electron chi connectivity index (χ1n) is 11.5. The number of halogens is 1. The van der Waals surface area contributed by atoms with Crippen LogP contribution < -0.4 is 10.1 Å². The second-order valence-electron chi connectivity index (χ2n) is 8.70. The van der Waals surface area contributed by atoms with Crippen LogP contribution in [0.5, 0.6) is 11.5 Å². The first kappa shape index (κ1) is 23.1. The fraction of sp³-hybridized carbons (Fsp3) is 0.269. The van der Waals surface area contributed by atoms with Crippen LogP contribution in [0.3, 0.4) is 0 Å². The van der Waals surface area contributed by atoms with Crippen LogP contribution >= 0.6 is 11.6 Å². The van der Waals surface area contributed by atoms with Crippen LogP contribution in [0.25, 0.3) is 11.0 Å². The molecule has 0 atom stereocenters. The highest BCUT2D eigenvalue weighted by atomic mass is 35.5. The molecule has 2 amide bonds. The smallest absolute Gasteiger partial charge is 0.321 e. The summed E-state index contributed by atoms with van der Waals surface area (Å²) in [6.07, 6.45) is 1.68. The molecule has 4 aromatic rings. The zero-order valence-corrected chi connectivity index (χ0v) is 20.5. The number of hydrogen-bond donors (Lipinski definition) is 1. The number of benzene rings is 2.